The normalized spacial score (nSPS) is 12.0. The zero-order chi connectivity index (χ0) is 18.6. The van der Waals surface area contributed by atoms with Crippen LogP contribution in [0.1, 0.15) is 59.8 Å². The van der Waals surface area contributed by atoms with Crippen LogP contribution in [0.25, 0.3) is 0 Å². The van der Waals surface area contributed by atoms with Crippen molar-refractivity contribution >= 4 is 17.8 Å². The number of nitrogens with zero attached hydrogens (tertiary/aromatic N) is 1. The number of amides is 2. The van der Waals surface area contributed by atoms with Crippen LogP contribution in [0.3, 0.4) is 0 Å². The van der Waals surface area contributed by atoms with Gasteiger partial charge in [-0.25, -0.2) is 9.59 Å². The average molecular weight is 337 g/mol. The highest BCUT2D eigenvalue weighted by atomic mass is 16.5. The highest BCUT2D eigenvalue weighted by Crippen LogP contribution is 2.22. The molecule has 1 heterocycles. The average Bonchev–Trinajstić information content (AvgIpc) is 2.80. The molecule has 0 aromatic carbocycles. The fourth-order valence-corrected chi connectivity index (χ4v) is 2.70. The molecule has 24 heavy (non-hydrogen) atoms. The van der Waals surface area contributed by atoms with E-state index >= 15 is 0 Å². The number of ketones is 1. The number of urea groups is 1. The van der Waals surface area contributed by atoms with Crippen molar-refractivity contribution in [1.82, 2.24) is 15.2 Å². The fraction of sp³-hybridized carbons (Fsp3) is 0.588. The topological polar surface area (TPSA) is 91.5 Å². The maximum Gasteiger partial charge on any atom is 0.354 e. The number of nitrogens with one attached hydrogen (secondary N) is 2. The van der Waals surface area contributed by atoms with Gasteiger partial charge in [0.1, 0.15) is 5.69 Å². The van der Waals surface area contributed by atoms with Crippen LogP contribution in [0.5, 0.6) is 0 Å². The minimum Gasteiger partial charge on any atom is -0.464 e. The summed E-state index contributed by atoms with van der Waals surface area (Å²) in [5.74, 6) is -0.732. The number of ether oxygens (including phenoxy) is 1. The van der Waals surface area contributed by atoms with Crippen LogP contribution >= 0.6 is 0 Å². The van der Waals surface area contributed by atoms with Gasteiger partial charge in [0.25, 0.3) is 0 Å². The van der Waals surface area contributed by atoms with E-state index in [0.717, 1.165) is 0 Å². The molecule has 1 unspecified atom stereocenters. The first-order valence-corrected chi connectivity index (χ1v) is 8.04. The molecule has 1 aromatic rings. The Hall–Kier alpha value is -2.31. The van der Waals surface area contributed by atoms with Gasteiger partial charge in [-0.15, -0.1) is 0 Å². The molecule has 0 fully saturated rings. The van der Waals surface area contributed by atoms with Crippen molar-refractivity contribution in [3.05, 3.63) is 22.5 Å². The fourth-order valence-electron chi connectivity index (χ4n) is 2.70. The SMILES string of the molecule is CCN(C(=O)NC(C)C)C(C)C(=O)c1c(C)[nH]c(C(=O)OC)c1C. The third kappa shape index (κ3) is 3.96. The van der Waals surface area contributed by atoms with Gasteiger partial charge in [0.2, 0.25) is 0 Å². The van der Waals surface area contributed by atoms with Crippen LogP contribution in [0, 0.1) is 13.8 Å². The third-order valence-corrected chi connectivity index (χ3v) is 3.93. The van der Waals surface area contributed by atoms with Crippen LogP contribution in [0.4, 0.5) is 4.79 Å². The molecule has 7 nitrogen and oxygen atoms in total. The lowest BCUT2D eigenvalue weighted by molar-refractivity contribution is 0.0593. The summed E-state index contributed by atoms with van der Waals surface area (Å²) in [6, 6.07) is -0.949. The standard InChI is InChI=1S/C17H27N3O4/c1-8-20(17(23)18-9(2)3)12(6)15(21)13-10(4)14(16(22)24-7)19-11(13)5/h9,12,19H,8H2,1-7H3,(H,18,23). The number of aryl methyl sites for hydroxylation is 1. The number of rotatable bonds is 6. The zero-order valence-corrected chi connectivity index (χ0v) is 15.4. The molecule has 1 atom stereocenters. The van der Waals surface area contributed by atoms with E-state index in [1.54, 1.807) is 20.8 Å². The molecule has 7 heteroatoms. The highest BCUT2D eigenvalue weighted by molar-refractivity contribution is 6.06. The monoisotopic (exact) mass is 337 g/mol. The first-order valence-electron chi connectivity index (χ1n) is 8.04. The van der Waals surface area contributed by atoms with Gasteiger partial charge in [-0.2, -0.15) is 0 Å². The van der Waals surface area contributed by atoms with E-state index in [2.05, 4.69) is 10.3 Å². The molecule has 1 rings (SSSR count). The summed E-state index contributed by atoms with van der Waals surface area (Å²) >= 11 is 0. The number of H-pyrrole nitrogens is 1. The van der Waals surface area contributed by atoms with Gasteiger partial charge in [0.05, 0.1) is 13.2 Å². The van der Waals surface area contributed by atoms with Gasteiger partial charge in [-0.1, -0.05) is 0 Å². The lowest BCUT2D eigenvalue weighted by Crippen LogP contribution is -2.49. The van der Waals surface area contributed by atoms with Crippen molar-refractivity contribution in [2.75, 3.05) is 13.7 Å². The van der Waals surface area contributed by atoms with E-state index in [-0.39, 0.29) is 23.6 Å². The van der Waals surface area contributed by atoms with Crippen molar-refractivity contribution in [3.63, 3.8) is 0 Å². The Morgan fingerprint density at radius 2 is 1.79 bits per heavy atom. The van der Waals surface area contributed by atoms with E-state index < -0.39 is 12.0 Å². The molecule has 0 saturated heterocycles. The lowest BCUT2D eigenvalue weighted by Gasteiger charge is -2.28. The predicted molar refractivity (Wildman–Crippen MR) is 91.4 cm³/mol. The van der Waals surface area contributed by atoms with E-state index in [9.17, 15) is 14.4 Å². The number of likely N-dealkylation sites (N-methyl/N-ethyl adjacent to an activating group) is 1. The molecule has 1 aromatic heterocycles. The third-order valence-electron chi connectivity index (χ3n) is 3.93. The van der Waals surface area contributed by atoms with Crippen molar-refractivity contribution in [2.45, 2.75) is 53.6 Å². The molecule has 0 saturated carbocycles. The predicted octanol–water partition coefficient (Wildman–Crippen LogP) is 2.43. The summed E-state index contributed by atoms with van der Waals surface area (Å²) in [5, 5.41) is 2.80. The molecule has 0 aliphatic heterocycles. The molecule has 0 radical (unpaired) electrons. The van der Waals surface area contributed by atoms with Crippen LogP contribution in [-0.2, 0) is 4.74 Å². The Bertz CT molecular complexity index is 634. The Morgan fingerprint density at radius 1 is 1.21 bits per heavy atom. The minimum absolute atomic E-state index is 0.0180. The van der Waals surface area contributed by atoms with Crippen LogP contribution in [0.15, 0.2) is 0 Å². The highest BCUT2D eigenvalue weighted by Gasteiger charge is 2.30. The molecule has 134 valence electrons. The van der Waals surface area contributed by atoms with Gasteiger partial charge in [-0.3, -0.25) is 4.79 Å². The zero-order valence-electron chi connectivity index (χ0n) is 15.4. The second kappa shape index (κ2) is 7.99. The van der Waals surface area contributed by atoms with E-state index in [0.29, 0.717) is 23.4 Å². The first-order chi connectivity index (χ1) is 11.1. The van der Waals surface area contributed by atoms with Crippen LogP contribution in [0.2, 0.25) is 0 Å². The molecular weight excluding hydrogens is 310 g/mol. The largest absolute Gasteiger partial charge is 0.464 e. The summed E-state index contributed by atoms with van der Waals surface area (Å²) in [5.41, 5.74) is 1.82. The van der Waals surface area contributed by atoms with Gasteiger partial charge >= 0.3 is 12.0 Å². The van der Waals surface area contributed by atoms with Gasteiger partial charge in [-0.05, 0) is 47.1 Å². The second-order valence-electron chi connectivity index (χ2n) is 6.05. The maximum absolute atomic E-state index is 12.9. The second-order valence-corrected chi connectivity index (χ2v) is 6.05. The number of hydrogen-bond donors (Lipinski definition) is 2. The Morgan fingerprint density at radius 3 is 2.25 bits per heavy atom. The molecule has 0 spiro atoms. The van der Waals surface area contributed by atoms with Crippen molar-refractivity contribution in [2.24, 2.45) is 0 Å². The number of carbonyl (C=O) groups is 3. The number of esters is 1. The number of aromatic amines is 1. The van der Waals surface area contributed by atoms with Crippen molar-refractivity contribution in [1.29, 1.82) is 0 Å². The quantitative estimate of drug-likeness (QED) is 0.616. The van der Waals surface area contributed by atoms with Crippen LogP contribution in [-0.4, -0.2) is 53.4 Å². The smallest absolute Gasteiger partial charge is 0.354 e. The number of methoxy groups -OCH3 is 1. The number of Topliss-reactive ketones (excluding diaryl/α,β-unsaturated/α-hetero) is 1. The number of aromatic nitrogens is 1. The van der Waals surface area contributed by atoms with Crippen LogP contribution < -0.4 is 5.32 Å². The Balaban J connectivity index is 3.14. The first kappa shape index (κ1) is 19.7. The van der Waals surface area contributed by atoms with Crippen molar-refractivity contribution < 1.29 is 19.1 Å². The minimum atomic E-state index is -0.646. The number of carbonyl (C=O) groups excluding carboxylic acids is 3. The summed E-state index contributed by atoms with van der Waals surface area (Å²) < 4.78 is 4.72. The van der Waals surface area contributed by atoms with E-state index in [1.165, 1.54) is 12.0 Å². The molecule has 2 N–H and O–H groups in total. The summed E-state index contributed by atoms with van der Waals surface area (Å²) in [4.78, 5) is 41.3. The summed E-state index contributed by atoms with van der Waals surface area (Å²) in [6.07, 6.45) is 0. The molecule has 0 aliphatic carbocycles. The molecular formula is C17H27N3O4. The van der Waals surface area contributed by atoms with Crippen molar-refractivity contribution in [3.8, 4) is 0 Å². The Labute approximate surface area is 142 Å². The van der Waals surface area contributed by atoms with E-state index in [4.69, 9.17) is 4.74 Å². The van der Waals surface area contributed by atoms with Gasteiger partial charge in [0.15, 0.2) is 5.78 Å². The molecule has 0 bridgehead atoms. The number of hydrogen-bond acceptors (Lipinski definition) is 4. The maximum atomic E-state index is 12.9. The van der Waals surface area contributed by atoms with Gasteiger partial charge in [0, 0.05) is 23.8 Å². The Kier molecular flexibility index (Phi) is 6.57. The summed E-state index contributed by atoms with van der Waals surface area (Å²) in [7, 11) is 1.29. The van der Waals surface area contributed by atoms with E-state index in [1.807, 2.05) is 20.8 Å². The van der Waals surface area contributed by atoms with Gasteiger partial charge < -0.3 is 19.9 Å². The lowest BCUT2D eigenvalue weighted by atomic mass is 10.00. The summed E-state index contributed by atoms with van der Waals surface area (Å²) in [6.45, 7) is 11.1. The molecule has 0 aliphatic rings. The molecule has 2 amide bonds.